The average Bonchev–Trinajstić information content (AvgIpc) is 2.47. The topological polar surface area (TPSA) is 68.3 Å². The highest BCUT2D eigenvalue weighted by molar-refractivity contribution is 9.10. The van der Waals surface area contributed by atoms with E-state index < -0.39 is 0 Å². The number of furan rings is 1. The second kappa shape index (κ2) is 4.43. The van der Waals surface area contributed by atoms with Gasteiger partial charge in [0.05, 0.1) is 10.7 Å². The van der Waals surface area contributed by atoms with Crippen molar-refractivity contribution in [1.29, 1.82) is 0 Å². The van der Waals surface area contributed by atoms with E-state index in [9.17, 15) is 4.79 Å². The lowest BCUT2D eigenvalue weighted by Gasteiger charge is -2.05. The summed E-state index contributed by atoms with van der Waals surface area (Å²) in [6.45, 7) is 2.25. The van der Waals surface area contributed by atoms with Gasteiger partial charge >= 0.3 is 0 Å². The molecule has 0 spiro atoms. The molecule has 13 heavy (non-hydrogen) atoms. The highest BCUT2D eigenvalue weighted by Gasteiger charge is 2.12. The third-order valence-corrected chi connectivity index (χ3v) is 2.03. The summed E-state index contributed by atoms with van der Waals surface area (Å²) < 4.78 is 5.61. The van der Waals surface area contributed by atoms with Gasteiger partial charge in [-0.25, -0.2) is 0 Å². The van der Waals surface area contributed by atoms with Crippen LogP contribution >= 0.6 is 15.9 Å². The Labute approximate surface area is 84.6 Å². The summed E-state index contributed by atoms with van der Waals surface area (Å²) in [7, 11) is 0. The van der Waals surface area contributed by atoms with E-state index >= 15 is 0 Å². The van der Waals surface area contributed by atoms with Crippen molar-refractivity contribution in [3.63, 3.8) is 0 Å². The first-order valence-corrected chi connectivity index (χ1v) is 4.67. The quantitative estimate of drug-likeness (QED) is 0.840. The number of nitrogens with one attached hydrogen (secondary N) is 1. The molecule has 1 aromatic heterocycles. The molecule has 1 rings (SSSR count). The van der Waals surface area contributed by atoms with Crippen molar-refractivity contribution in [2.75, 3.05) is 6.54 Å². The van der Waals surface area contributed by atoms with Crippen molar-refractivity contribution in [3.8, 4) is 0 Å². The molecule has 0 radical (unpaired) electrons. The molecule has 1 unspecified atom stereocenters. The summed E-state index contributed by atoms with van der Waals surface area (Å²) in [5.74, 6) is 0.0230. The number of hydrogen-bond donors (Lipinski definition) is 2. The highest BCUT2D eigenvalue weighted by atomic mass is 79.9. The molecule has 4 nitrogen and oxygen atoms in total. The average molecular weight is 247 g/mol. The number of nitrogens with two attached hydrogens (primary N) is 1. The second-order valence-electron chi connectivity index (χ2n) is 2.78. The van der Waals surface area contributed by atoms with E-state index in [0.29, 0.717) is 11.0 Å². The molecule has 0 aliphatic carbocycles. The molecule has 1 heterocycles. The molecule has 0 bridgehead atoms. The molecule has 0 saturated carbocycles. The molecule has 0 aliphatic rings. The molecule has 0 saturated heterocycles. The Morgan fingerprint density at radius 2 is 2.54 bits per heavy atom. The van der Waals surface area contributed by atoms with Crippen LogP contribution in [0.4, 0.5) is 0 Å². The number of rotatable bonds is 3. The fourth-order valence-electron chi connectivity index (χ4n) is 0.790. The summed E-state index contributed by atoms with van der Waals surface area (Å²) >= 11 is 3.19. The maximum atomic E-state index is 11.3. The Bertz CT molecular complexity index is 296. The minimum Gasteiger partial charge on any atom is -0.458 e. The first-order valence-electron chi connectivity index (χ1n) is 3.88. The van der Waals surface area contributed by atoms with Gasteiger partial charge in [-0.2, -0.15) is 0 Å². The lowest BCUT2D eigenvalue weighted by molar-refractivity contribution is 0.0923. The maximum Gasteiger partial charge on any atom is 0.288 e. The number of carbonyl (C=O) groups excluding carboxylic acids is 1. The highest BCUT2D eigenvalue weighted by Crippen LogP contribution is 2.16. The zero-order valence-electron chi connectivity index (χ0n) is 7.21. The van der Waals surface area contributed by atoms with Gasteiger partial charge in [-0.3, -0.25) is 4.79 Å². The van der Waals surface area contributed by atoms with E-state index in [1.54, 1.807) is 6.07 Å². The molecule has 1 amide bonds. The monoisotopic (exact) mass is 246 g/mol. The molecular weight excluding hydrogens is 236 g/mol. The van der Waals surface area contributed by atoms with Gasteiger partial charge in [0.15, 0.2) is 0 Å². The normalized spacial score (nSPS) is 12.5. The van der Waals surface area contributed by atoms with E-state index in [2.05, 4.69) is 21.2 Å². The van der Waals surface area contributed by atoms with Crippen molar-refractivity contribution in [2.24, 2.45) is 5.73 Å². The van der Waals surface area contributed by atoms with Crippen LogP contribution in [-0.2, 0) is 0 Å². The van der Waals surface area contributed by atoms with Gasteiger partial charge in [0, 0.05) is 12.6 Å². The molecule has 1 aromatic rings. The van der Waals surface area contributed by atoms with E-state index in [0.717, 1.165) is 0 Å². The fourth-order valence-corrected chi connectivity index (χ4v) is 1.17. The third kappa shape index (κ3) is 2.86. The number of carbonyl (C=O) groups is 1. The van der Waals surface area contributed by atoms with Gasteiger partial charge in [-0.1, -0.05) is 0 Å². The first-order chi connectivity index (χ1) is 6.11. The van der Waals surface area contributed by atoms with Gasteiger partial charge in [-0.15, -0.1) is 0 Å². The standard InChI is InChI=1S/C8H11BrN2O2/c1-5(10)4-11-8(12)7-6(9)2-3-13-7/h2-3,5H,4,10H2,1H3,(H,11,12). The molecule has 1 atom stereocenters. The predicted molar refractivity (Wildman–Crippen MR) is 52.4 cm³/mol. The van der Waals surface area contributed by atoms with Crippen molar-refractivity contribution in [2.45, 2.75) is 13.0 Å². The first kappa shape index (κ1) is 10.3. The molecule has 0 aromatic carbocycles. The van der Waals surface area contributed by atoms with Crippen molar-refractivity contribution in [1.82, 2.24) is 5.32 Å². The third-order valence-electron chi connectivity index (χ3n) is 1.41. The van der Waals surface area contributed by atoms with Crippen LogP contribution in [0.15, 0.2) is 21.2 Å². The molecule has 3 N–H and O–H groups in total. The van der Waals surface area contributed by atoms with Crippen LogP contribution in [0.1, 0.15) is 17.5 Å². The molecule has 0 fully saturated rings. The Morgan fingerprint density at radius 1 is 1.85 bits per heavy atom. The van der Waals surface area contributed by atoms with E-state index in [-0.39, 0.29) is 17.7 Å². The minimum atomic E-state index is -0.255. The van der Waals surface area contributed by atoms with Gasteiger partial charge in [0.1, 0.15) is 0 Å². The summed E-state index contributed by atoms with van der Waals surface area (Å²) in [5, 5.41) is 2.64. The molecule has 0 aliphatic heterocycles. The van der Waals surface area contributed by atoms with Gasteiger partial charge in [-0.05, 0) is 28.9 Å². The van der Waals surface area contributed by atoms with Crippen molar-refractivity contribution < 1.29 is 9.21 Å². The molecule has 72 valence electrons. The molecular formula is C8H11BrN2O2. The van der Waals surface area contributed by atoms with Crippen LogP contribution in [-0.4, -0.2) is 18.5 Å². The van der Waals surface area contributed by atoms with Gasteiger partial charge in [0.2, 0.25) is 5.76 Å². The van der Waals surface area contributed by atoms with E-state index in [1.165, 1.54) is 6.26 Å². The van der Waals surface area contributed by atoms with Gasteiger partial charge in [0.25, 0.3) is 5.91 Å². The van der Waals surface area contributed by atoms with Crippen LogP contribution in [0.2, 0.25) is 0 Å². The maximum absolute atomic E-state index is 11.3. The van der Waals surface area contributed by atoms with Gasteiger partial charge < -0.3 is 15.5 Å². The fraction of sp³-hybridized carbons (Fsp3) is 0.375. The largest absolute Gasteiger partial charge is 0.458 e. The van der Waals surface area contributed by atoms with Crippen molar-refractivity contribution >= 4 is 21.8 Å². The summed E-state index contributed by atoms with van der Waals surface area (Å²) in [5.41, 5.74) is 5.48. The Kier molecular flexibility index (Phi) is 3.50. The second-order valence-corrected chi connectivity index (χ2v) is 3.64. The van der Waals surface area contributed by atoms with Crippen LogP contribution in [0.5, 0.6) is 0 Å². The number of amides is 1. The van der Waals surface area contributed by atoms with Crippen molar-refractivity contribution in [3.05, 3.63) is 22.6 Å². The number of hydrogen-bond acceptors (Lipinski definition) is 3. The smallest absolute Gasteiger partial charge is 0.288 e. The number of halogens is 1. The lowest BCUT2D eigenvalue weighted by atomic mass is 10.3. The lowest BCUT2D eigenvalue weighted by Crippen LogP contribution is -2.35. The predicted octanol–water partition coefficient (Wildman–Crippen LogP) is 1.12. The van der Waals surface area contributed by atoms with Crippen LogP contribution in [0.3, 0.4) is 0 Å². The zero-order chi connectivity index (χ0) is 9.84. The Hall–Kier alpha value is -0.810. The van der Waals surface area contributed by atoms with E-state index in [4.69, 9.17) is 10.2 Å². The minimum absolute atomic E-state index is 0.0577. The molecule has 5 heteroatoms. The summed E-state index contributed by atoms with van der Waals surface area (Å²) in [6.07, 6.45) is 1.45. The Morgan fingerprint density at radius 3 is 3.00 bits per heavy atom. The van der Waals surface area contributed by atoms with Crippen LogP contribution < -0.4 is 11.1 Å². The summed E-state index contributed by atoms with van der Waals surface area (Å²) in [4.78, 5) is 11.3. The van der Waals surface area contributed by atoms with E-state index in [1.807, 2.05) is 6.92 Å². The summed E-state index contributed by atoms with van der Waals surface area (Å²) in [6, 6.07) is 1.61. The Balaban J connectivity index is 2.54. The SMILES string of the molecule is CC(N)CNC(=O)c1occc1Br. The van der Waals surface area contributed by atoms with Crippen LogP contribution in [0, 0.1) is 0 Å². The van der Waals surface area contributed by atoms with Crippen LogP contribution in [0.25, 0.3) is 0 Å². The zero-order valence-corrected chi connectivity index (χ0v) is 8.80.